The zero-order chi connectivity index (χ0) is 24.3. The normalized spacial score (nSPS) is 21.7. The number of piperidine rings is 1. The van der Waals surface area contributed by atoms with Gasteiger partial charge in [0.15, 0.2) is 11.6 Å². The van der Waals surface area contributed by atoms with Gasteiger partial charge in [-0.25, -0.2) is 8.78 Å². The molecule has 2 aliphatic heterocycles. The lowest BCUT2D eigenvalue weighted by molar-refractivity contribution is 0.00320. The number of nitrogens with zero attached hydrogens (tertiary/aromatic N) is 1. The third kappa shape index (κ3) is 5.09. The molecule has 1 fully saturated rings. The lowest BCUT2D eigenvalue weighted by Crippen LogP contribution is -2.61. The molecule has 0 N–H and O–H groups in total. The maximum atomic E-state index is 15.4. The van der Waals surface area contributed by atoms with Crippen LogP contribution in [0.25, 0.3) is 0 Å². The molecule has 0 unspecified atom stereocenters. The van der Waals surface area contributed by atoms with Crippen LogP contribution in [-0.4, -0.2) is 37.2 Å². The van der Waals surface area contributed by atoms with E-state index in [1.54, 1.807) is 0 Å². The maximum absolute atomic E-state index is 15.4. The summed E-state index contributed by atoms with van der Waals surface area (Å²) >= 11 is 6.11. The van der Waals surface area contributed by atoms with E-state index in [2.05, 4.69) is 17.0 Å². The van der Waals surface area contributed by atoms with E-state index in [9.17, 15) is 4.39 Å². The molecule has 3 aromatic carbocycles. The second-order valence-corrected chi connectivity index (χ2v) is 9.99. The summed E-state index contributed by atoms with van der Waals surface area (Å²) in [5.41, 5.74) is 2.02. The molecule has 3 aromatic rings. The second kappa shape index (κ2) is 10.7. The average molecular weight is 498 g/mol. The van der Waals surface area contributed by atoms with E-state index in [1.165, 1.54) is 6.07 Å². The number of likely N-dealkylation sites (tertiary alicyclic amines) is 1. The molecule has 0 aliphatic carbocycles. The molecule has 0 spiro atoms. The lowest BCUT2D eigenvalue weighted by atomic mass is 9.63. The van der Waals surface area contributed by atoms with Gasteiger partial charge in [0.05, 0.1) is 12.6 Å². The highest BCUT2D eigenvalue weighted by Crippen LogP contribution is 2.50. The molecule has 5 rings (SSSR count). The molecule has 2 aliphatic rings. The molecule has 2 atom stereocenters. The zero-order valence-electron chi connectivity index (χ0n) is 19.7. The van der Waals surface area contributed by atoms with Gasteiger partial charge in [0.2, 0.25) is 0 Å². The molecule has 35 heavy (non-hydrogen) atoms. The Morgan fingerprint density at radius 1 is 0.971 bits per heavy atom. The van der Waals surface area contributed by atoms with Crippen molar-refractivity contribution in [2.24, 2.45) is 0 Å². The minimum atomic E-state index is -0.573. The molecular weight excluding hydrogens is 468 g/mol. The predicted octanol–water partition coefficient (Wildman–Crippen LogP) is 6.56. The summed E-state index contributed by atoms with van der Waals surface area (Å²) in [6, 6.07) is 20.2. The monoisotopic (exact) mass is 497 g/mol. The first-order chi connectivity index (χ1) is 17.1. The topological polar surface area (TPSA) is 21.7 Å². The van der Waals surface area contributed by atoms with Gasteiger partial charge in [-0.3, -0.25) is 4.90 Å². The molecule has 2 heterocycles. The highest BCUT2D eigenvalue weighted by atomic mass is 35.5. The van der Waals surface area contributed by atoms with Crippen molar-refractivity contribution in [2.45, 2.75) is 43.7 Å². The van der Waals surface area contributed by atoms with Crippen molar-refractivity contribution in [2.75, 3.05) is 26.3 Å². The fourth-order valence-electron chi connectivity index (χ4n) is 5.79. The second-order valence-electron chi connectivity index (χ2n) is 9.55. The molecule has 6 heteroatoms. The molecule has 0 bridgehead atoms. The van der Waals surface area contributed by atoms with Crippen molar-refractivity contribution in [3.8, 4) is 5.75 Å². The van der Waals surface area contributed by atoms with Crippen LogP contribution >= 0.6 is 11.6 Å². The Morgan fingerprint density at radius 2 is 1.74 bits per heavy atom. The lowest BCUT2D eigenvalue weighted by Gasteiger charge is -2.53. The van der Waals surface area contributed by atoms with Gasteiger partial charge in [-0.1, -0.05) is 54.1 Å². The fourth-order valence-corrected chi connectivity index (χ4v) is 5.92. The number of ether oxygens (including phenoxy) is 2. The Morgan fingerprint density at radius 3 is 2.54 bits per heavy atom. The van der Waals surface area contributed by atoms with Gasteiger partial charge in [-0.2, -0.15) is 0 Å². The molecule has 0 aromatic heterocycles. The Hall–Kier alpha value is -2.47. The van der Waals surface area contributed by atoms with E-state index < -0.39 is 17.0 Å². The Labute approximate surface area is 210 Å². The summed E-state index contributed by atoms with van der Waals surface area (Å²) in [4.78, 5) is 2.39. The summed E-state index contributed by atoms with van der Waals surface area (Å²) in [6.07, 6.45) is 3.15. The molecule has 0 radical (unpaired) electrons. The molecule has 3 nitrogen and oxygen atoms in total. The van der Waals surface area contributed by atoms with Gasteiger partial charge in [0.25, 0.3) is 0 Å². The number of hydrogen-bond acceptors (Lipinski definition) is 3. The fraction of sp³-hybridized carbons (Fsp3) is 0.379. The smallest absolute Gasteiger partial charge is 0.165 e. The van der Waals surface area contributed by atoms with Crippen molar-refractivity contribution in [3.63, 3.8) is 0 Å². The highest BCUT2D eigenvalue weighted by Gasteiger charge is 2.52. The van der Waals surface area contributed by atoms with Gasteiger partial charge in [-0.15, -0.1) is 0 Å². The molecule has 184 valence electrons. The van der Waals surface area contributed by atoms with Crippen LogP contribution in [0.1, 0.15) is 36.0 Å². The first-order valence-electron chi connectivity index (χ1n) is 12.3. The highest BCUT2D eigenvalue weighted by molar-refractivity contribution is 6.30. The molecule has 0 amide bonds. The summed E-state index contributed by atoms with van der Waals surface area (Å²) in [6.45, 7) is 3.29. The van der Waals surface area contributed by atoms with E-state index in [-0.39, 0.29) is 11.8 Å². The van der Waals surface area contributed by atoms with Crippen LogP contribution in [0, 0.1) is 11.6 Å². The predicted molar refractivity (Wildman–Crippen MR) is 134 cm³/mol. The molecule has 1 saturated heterocycles. The van der Waals surface area contributed by atoms with Crippen LogP contribution in [0.3, 0.4) is 0 Å². The Kier molecular flexibility index (Phi) is 7.37. The van der Waals surface area contributed by atoms with E-state index in [0.29, 0.717) is 36.8 Å². The number of benzene rings is 3. The van der Waals surface area contributed by atoms with E-state index in [0.717, 1.165) is 49.5 Å². The number of halogens is 3. The van der Waals surface area contributed by atoms with Gasteiger partial charge in [-0.05, 0) is 67.6 Å². The van der Waals surface area contributed by atoms with Crippen LogP contribution in [0.5, 0.6) is 5.75 Å². The van der Waals surface area contributed by atoms with Crippen LogP contribution in [0.4, 0.5) is 8.78 Å². The zero-order valence-corrected chi connectivity index (χ0v) is 20.4. The third-order valence-electron chi connectivity index (χ3n) is 7.37. The van der Waals surface area contributed by atoms with Crippen LogP contribution in [-0.2, 0) is 23.2 Å². The Bertz CT molecular complexity index is 1140. The standard InChI is InChI=1S/C29H30ClF2NO2/c30-23-10-8-21(9-11-23)18-29-14-4-15-33(16-5-17-34-19-22-6-2-1-3-7-22)26(29)20-35-28-25(32)13-12-24(31)27(28)29/h1-3,6-13,26H,4-5,14-20H2/t26-,29+/m1/s1. The van der Waals surface area contributed by atoms with Gasteiger partial charge >= 0.3 is 0 Å². The van der Waals surface area contributed by atoms with Crippen LogP contribution in [0.15, 0.2) is 66.7 Å². The summed E-state index contributed by atoms with van der Waals surface area (Å²) < 4.78 is 41.9. The van der Waals surface area contributed by atoms with E-state index in [4.69, 9.17) is 21.1 Å². The summed E-state index contributed by atoms with van der Waals surface area (Å²) in [7, 11) is 0. The number of hydrogen-bond donors (Lipinski definition) is 0. The molecule has 0 saturated carbocycles. The summed E-state index contributed by atoms with van der Waals surface area (Å²) in [5.74, 6) is -0.821. The maximum Gasteiger partial charge on any atom is 0.165 e. The average Bonchev–Trinajstić information content (AvgIpc) is 2.87. The quantitative estimate of drug-likeness (QED) is 0.329. The molecular formula is C29H30ClF2NO2. The van der Waals surface area contributed by atoms with Crippen LogP contribution in [0.2, 0.25) is 5.02 Å². The minimum absolute atomic E-state index is 0.0511. The van der Waals surface area contributed by atoms with Crippen LogP contribution < -0.4 is 4.74 Å². The van der Waals surface area contributed by atoms with Crippen molar-refractivity contribution in [3.05, 3.63) is 100 Å². The van der Waals surface area contributed by atoms with Crippen molar-refractivity contribution in [1.82, 2.24) is 4.90 Å². The van der Waals surface area contributed by atoms with Gasteiger partial charge in [0.1, 0.15) is 12.4 Å². The SMILES string of the molecule is Fc1ccc(F)c2c1OC[C@H]1N(CCCOCc3ccccc3)CCC[C@@]21Cc1ccc(Cl)cc1. The van der Waals surface area contributed by atoms with Gasteiger partial charge in [0, 0.05) is 29.2 Å². The van der Waals surface area contributed by atoms with Crippen molar-refractivity contribution < 1.29 is 18.3 Å². The van der Waals surface area contributed by atoms with Gasteiger partial charge < -0.3 is 9.47 Å². The number of fused-ring (bicyclic) bond motifs is 3. The number of rotatable bonds is 8. The largest absolute Gasteiger partial charge is 0.488 e. The van der Waals surface area contributed by atoms with Crippen molar-refractivity contribution >= 4 is 11.6 Å². The van der Waals surface area contributed by atoms with E-state index in [1.807, 2.05) is 42.5 Å². The Balaban J connectivity index is 1.36. The van der Waals surface area contributed by atoms with Crippen molar-refractivity contribution in [1.29, 1.82) is 0 Å². The summed E-state index contributed by atoms with van der Waals surface area (Å²) in [5, 5.41) is 0.660. The van der Waals surface area contributed by atoms with E-state index >= 15 is 4.39 Å². The first kappa shape index (κ1) is 24.2. The first-order valence-corrected chi connectivity index (χ1v) is 12.7. The minimum Gasteiger partial charge on any atom is -0.488 e. The third-order valence-corrected chi connectivity index (χ3v) is 7.62.